The van der Waals surface area contributed by atoms with Gasteiger partial charge < -0.3 is 19.7 Å². The molecule has 0 saturated carbocycles. The highest BCUT2D eigenvalue weighted by Crippen LogP contribution is 2.26. The third-order valence-corrected chi connectivity index (χ3v) is 5.31. The van der Waals surface area contributed by atoms with Crippen LogP contribution in [0.4, 0.5) is 9.18 Å². The summed E-state index contributed by atoms with van der Waals surface area (Å²) in [4.78, 5) is 14.4. The molecule has 0 unspecified atom stereocenters. The summed E-state index contributed by atoms with van der Waals surface area (Å²) in [6.07, 6.45) is 2.82. The van der Waals surface area contributed by atoms with Crippen LogP contribution in [0.1, 0.15) is 24.0 Å². The largest absolute Gasteiger partial charge is 0.493 e. The van der Waals surface area contributed by atoms with Gasteiger partial charge in [0.25, 0.3) is 0 Å². The maximum Gasteiger partial charge on any atom is 0.317 e. The first-order valence-electron chi connectivity index (χ1n) is 9.84. The van der Waals surface area contributed by atoms with Crippen LogP contribution in [0, 0.1) is 11.7 Å². The van der Waals surface area contributed by atoms with Crippen LogP contribution >= 0.6 is 0 Å². The van der Waals surface area contributed by atoms with Gasteiger partial charge in [0.15, 0.2) is 11.6 Å². The van der Waals surface area contributed by atoms with Crippen molar-refractivity contribution in [3.05, 3.63) is 59.4 Å². The van der Waals surface area contributed by atoms with Crippen LogP contribution in [0.15, 0.2) is 42.5 Å². The molecule has 0 spiro atoms. The quantitative estimate of drug-likeness (QED) is 0.854. The van der Waals surface area contributed by atoms with E-state index in [-0.39, 0.29) is 23.5 Å². The molecule has 1 atom stereocenters. The Labute approximate surface area is 164 Å². The summed E-state index contributed by atoms with van der Waals surface area (Å²) >= 11 is 0. The number of nitrogens with zero attached hydrogens (tertiary/aromatic N) is 1. The van der Waals surface area contributed by atoms with Crippen LogP contribution in [0.25, 0.3) is 0 Å². The Hall–Kier alpha value is -2.76. The molecule has 1 fully saturated rings. The Bertz CT molecular complexity index is 842. The minimum atomic E-state index is -0.354. The van der Waals surface area contributed by atoms with Crippen molar-refractivity contribution in [3.63, 3.8) is 0 Å². The fraction of sp³-hybridized carbons (Fsp3) is 0.409. The number of carbonyl (C=O) groups is 1. The molecule has 6 heteroatoms. The number of fused-ring (bicyclic) bond motifs is 1. The van der Waals surface area contributed by atoms with Crippen molar-refractivity contribution < 1.29 is 18.7 Å². The molecule has 2 aromatic rings. The Morgan fingerprint density at radius 2 is 2.18 bits per heavy atom. The van der Waals surface area contributed by atoms with Crippen LogP contribution < -0.4 is 14.8 Å². The number of para-hydroxylation sites is 1. The number of urea groups is 1. The molecule has 0 aliphatic carbocycles. The fourth-order valence-electron chi connectivity index (χ4n) is 3.79. The number of hydrogen-bond acceptors (Lipinski definition) is 3. The maximum absolute atomic E-state index is 13.7. The van der Waals surface area contributed by atoms with Crippen LogP contribution in [-0.2, 0) is 13.0 Å². The third kappa shape index (κ3) is 4.38. The maximum atomic E-state index is 13.7. The van der Waals surface area contributed by atoms with Crippen LogP contribution in [0.3, 0.4) is 0 Å². The summed E-state index contributed by atoms with van der Waals surface area (Å²) in [6, 6.07) is 12.4. The zero-order valence-electron chi connectivity index (χ0n) is 15.8. The minimum absolute atomic E-state index is 0.0626. The second kappa shape index (κ2) is 8.50. The Morgan fingerprint density at radius 3 is 3.07 bits per heavy atom. The minimum Gasteiger partial charge on any atom is -0.493 e. The standard InChI is InChI=1S/C22H25FN2O3/c23-19-5-1-2-6-21(19)28-15-17-4-3-10-25(14-17)22(26)24-13-16-7-8-20-18(12-16)9-11-27-20/h1-2,5-8,12,17H,3-4,9-11,13-15H2,(H,24,26)/t17-/m1/s1. The van der Waals surface area contributed by atoms with E-state index < -0.39 is 0 Å². The highest BCUT2D eigenvalue weighted by Gasteiger charge is 2.24. The number of hydrogen-bond donors (Lipinski definition) is 1. The van der Waals surface area contributed by atoms with Crippen LogP contribution in [-0.4, -0.2) is 37.2 Å². The van der Waals surface area contributed by atoms with E-state index in [9.17, 15) is 9.18 Å². The van der Waals surface area contributed by atoms with Gasteiger partial charge in [-0.15, -0.1) is 0 Å². The van der Waals surface area contributed by atoms with E-state index in [0.717, 1.165) is 43.7 Å². The first-order chi connectivity index (χ1) is 13.7. The number of likely N-dealkylation sites (tertiary alicyclic amines) is 1. The van der Waals surface area contributed by atoms with Crippen LogP contribution in [0.5, 0.6) is 11.5 Å². The molecule has 148 valence electrons. The smallest absolute Gasteiger partial charge is 0.317 e. The topological polar surface area (TPSA) is 50.8 Å². The summed E-state index contributed by atoms with van der Waals surface area (Å²) in [6.45, 7) is 3.00. The average molecular weight is 384 g/mol. The lowest BCUT2D eigenvalue weighted by Crippen LogP contribution is -2.46. The summed E-state index contributed by atoms with van der Waals surface area (Å²) in [5.74, 6) is 1.07. The van der Waals surface area contributed by atoms with Gasteiger partial charge in [0.05, 0.1) is 13.2 Å². The van der Waals surface area contributed by atoms with E-state index in [1.165, 1.54) is 11.6 Å². The molecule has 2 amide bonds. The molecule has 2 aromatic carbocycles. The van der Waals surface area contributed by atoms with Crippen molar-refractivity contribution in [2.24, 2.45) is 5.92 Å². The monoisotopic (exact) mass is 384 g/mol. The Morgan fingerprint density at radius 1 is 1.29 bits per heavy atom. The van der Waals surface area contributed by atoms with Gasteiger partial charge >= 0.3 is 6.03 Å². The van der Waals surface area contributed by atoms with Crippen molar-refractivity contribution >= 4 is 6.03 Å². The van der Waals surface area contributed by atoms with E-state index in [1.54, 1.807) is 18.2 Å². The molecule has 0 radical (unpaired) electrons. The number of rotatable bonds is 5. The predicted molar refractivity (Wildman–Crippen MR) is 104 cm³/mol. The Balaban J connectivity index is 1.26. The number of benzene rings is 2. The molecule has 1 N–H and O–H groups in total. The number of amides is 2. The van der Waals surface area contributed by atoms with E-state index in [0.29, 0.717) is 19.7 Å². The van der Waals surface area contributed by atoms with E-state index in [4.69, 9.17) is 9.47 Å². The van der Waals surface area contributed by atoms with E-state index in [2.05, 4.69) is 11.4 Å². The number of halogens is 1. The molecule has 2 aliphatic rings. The molecule has 0 bridgehead atoms. The number of nitrogens with one attached hydrogen (secondary N) is 1. The average Bonchev–Trinajstić information content (AvgIpc) is 3.19. The zero-order chi connectivity index (χ0) is 19.3. The first kappa shape index (κ1) is 18.6. The number of ether oxygens (including phenoxy) is 2. The number of piperidine rings is 1. The zero-order valence-corrected chi connectivity index (χ0v) is 15.8. The second-order valence-corrected chi connectivity index (χ2v) is 7.39. The van der Waals surface area contributed by atoms with Crippen molar-refractivity contribution in [3.8, 4) is 11.5 Å². The lowest BCUT2D eigenvalue weighted by atomic mass is 9.99. The predicted octanol–water partition coefficient (Wildman–Crippen LogP) is 3.76. The van der Waals surface area contributed by atoms with Gasteiger partial charge in [-0.2, -0.15) is 0 Å². The first-order valence-corrected chi connectivity index (χ1v) is 9.84. The molecular formula is C22H25FN2O3. The van der Waals surface area contributed by atoms with Gasteiger partial charge in [0.1, 0.15) is 5.75 Å². The summed E-state index contributed by atoms with van der Waals surface area (Å²) in [5, 5.41) is 3.01. The summed E-state index contributed by atoms with van der Waals surface area (Å²) < 4.78 is 24.8. The van der Waals surface area contributed by atoms with Gasteiger partial charge in [-0.05, 0) is 42.2 Å². The molecule has 5 nitrogen and oxygen atoms in total. The molecule has 1 saturated heterocycles. The normalized spacial score (nSPS) is 18.3. The Kier molecular flexibility index (Phi) is 5.65. The van der Waals surface area contributed by atoms with Crippen molar-refractivity contribution in [2.75, 3.05) is 26.3 Å². The van der Waals surface area contributed by atoms with Crippen molar-refractivity contribution in [2.45, 2.75) is 25.8 Å². The van der Waals surface area contributed by atoms with Gasteiger partial charge in [0.2, 0.25) is 0 Å². The second-order valence-electron chi connectivity index (χ2n) is 7.39. The summed E-state index contributed by atoms with van der Waals surface area (Å²) in [7, 11) is 0. The van der Waals surface area contributed by atoms with Crippen LogP contribution in [0.2, 0.25) is 0 Å². The lowest BCUT2D eigenvalue weighted by Gasteiger charge is -2.32. The fourth-order valence-corrected chi connectivity index (χ4v) is 3.79. The number of carbonyl (C=O) groups excluding carboxylic acids is 1. The molecular weight excluding hydrogens is 359 g/mol. The molecule has 4 rings (SSSR count). The third-order valence-electron chi connectivity index (χ3n) is 5.31. The molecule has 0 aromatic heterocycles. The van der Waals surface area contributed by atoms with Gasteiger partial charge in [-0.1, -0.05) is 24.3 Å². The van der Waals surface area contributed by atoms with Gasteiger partial charge in [0, 0.05) is 32.0 Å². The summed E-state index contributed by atoms with van der Waals surface area (Å²) in [5.41, 5.74) is 2.28. The van der Waals surface area contributed by atoms with Gasteiger partial charge in [-0.3, -0.25) is 0 Å². The highest BCUT2D eigenvalue weighted by molar-refractivity contribution is 5.74. The lowest BCUT2D eigenvalue weighted by molar-refractivity contribution is 0.135. The highest BCUT2D eigenvalue weighted by atomic mass is 19.1. The van der Waals surface area contributed by atoms with E-state index >= 15 is 0 Å². The van der Waals surface area contributed by atoms with E-state index in [1.807, 2.05) is 17.0 Å². The van der Waals surface area contributed by atoms with Crippen molar-refractivity contribution in [1.82, 2.24) is 10.2 Å². The SMILES string of the molecule is O=C(NCc1ccc2c(c1)CCO2)N1CCC[C@@H](COc2ccccc2F)C1. The van der Waals surface area contributed by atoms with Crippen molar-refractivity contribution in [1.29, 1.82) is 0 Å². The molecule has 28 heavy (non-hydrogen) atoms. The molecule has 2 aliphatic heterocycles. The molecule has 2 heterocycles. The van der Waals surface area contributed by atoms with Gasteiger partial charge in [-0.25, -0.2) is 9.18 Å².